The predicted octanol–water partition coefficient (Wildman–Crippen LogP) is 4.89. The van der Waals surface area contributed by atoms with Crippen LogP contribution in [-0.2, 0) is 0 Å². The Kier molecular flexibility index (Phi) is 4.48. The number of hydrogen-bond donors (Lipinski definition) is 1. The number of halogens is 1. The minimum Gasteiger partial charge on any atom is -0.330 e. The minimum absolute atomic E-state index is 0.124. The number of nitrogens with one attached hydrogen (secondary N) is 1. The van der Waals surface area contributed by atoms with Gasteiger partial charge < -0.3 is 9.84 Å². The van der Waals surface area contributed by atoms with Gasteiger partial charge in [-0.25, -0.2) is 4.39 Å². The molecule has 0 unspecified atom stereocenters. The molecule has 22 heavy (non-hydrogen) atoms. The summed E-state index contributed by atoms with van der Waals surface area (Å²) in [6.07, 6.45) is 1.99. The van der Waals surface area contributed by atoms with Crippen molar-refractivity contribution < 1.29 is 8.91 Å². The van der Waals surface area contributed by atoms with Gasteiger partial charge in [0.25, 0.3) is 0 Å². The lowest BCUT2D eigenvalue weighted by molar-refractivity contribution is 0.426. The van der Waals surface area contributed by atoms with Crippen LogP contribution < -0.4 is 5.32 Å². The molecule has 1 N–H and O–H groups in total. The molecule has 2 aromatic heterocycles. The Morgan fingerprint density at radius 2 is 2.14 bits per heavy atom. The minimum atomic E-state index is -0.363. The number of thiophene rings is 1. The Hall–Kier alpha value is -2.21. The van der Waals surface area contributed by atoms with Crippen molar-refractivity contribution in [2.45, 2.75) is 25.8 Å². The molecule has 0 aliphatic rings. The second kappa shape index (κ2) is 6.70. The summed E-state index contributed by atoms with van der Waals surface area (Å²) in [4.78, 5) is 5.46. The van der Waals surface area contributed by atoms with Gasteiger partial charge in [-0.05, 0) is 30.0 Å². The summed E-state index contributed by atoms with van der Waals surface area (Å²) in [5, 5.41) is 9.14. The highest BCUT2D eigenvalue weighted by Gasteiger charge is 2.17. The smallest absolute Gasteiger partial charge is 0.322 e. The van der Waals surface area contributed by atoms with Gasteiger partial charge in [0.05, 0.1) is 11.6 Å². The zero-order valence-electron chi connectivity index (χ0n) is 12.1. The molecule has 4 nitrogen and oxygen atoms in total. The molecular weight excluding hydrogens is 301 g/mol. The first-order chi connectivity index (χ1) is 10.8. The fourth-order valence-electron chi connectivity index (χ4n) is 2.25. The van der Waals surface area contributed by atoms with Crippen molar-refractivity contribution in [2.24, 2.45) is 0 Å². The Labute approximate surface area is 132 Å². The number of rotatable bonds is 6. The quantitative estimate of drug-likeness (QED) is 0.703. The van der Waals surface area contributed by atoms with Gasteiger partial charge in [-0.15, -0.1) is 11.3 Å². The first-order valence-electron chi connectivity index (χ1n) is 7.16. The van der Waals surface area contributed by atoms with E-state index in [1.54, 1.807) is 29.5 Å². The fraction of sp³-hybridized carbons (Fsp3) is 0.250. The fourth-order valence-corrected chi connectivity index (χ4v) is 3.06. The Morgan fingerprint density at radius 3 is 2.86 bits per heavy atom. The highest BCUT2D eigenvalue weighted by atomic mass is 32.1. The molecule has 0 aliphatic heterocycles. The van der Waals surface area contributed by atoms with Crippen molar-refractivity contribution in [1.82, 2.24) is 10.1 Å². The monoisotopic (exact) mass is 317 g/mol. The summed E-state index contributed by atoms with van der Waals surface area (Å²) in [7, 11) is 0. The molecule has 1 atom stereocenters. The maximum Gasteiger partial charge on any atom is 0.322 e. The second-order valence-electron chi connectivity index (χ2n) is 4.90. The van der Waals surface area contributed by atoms with Gasteiger partial charge in [-0.3, -0.25) is 0 Å². The van der Waals surface area contributed by atoms with Crippen LogP contribution in [-0.4, -0.2) is 10.1 Å². The topological polar surface area (TPSA) is 51.0 Å². The lowest BCUT2D eigenvalue weighted by Crippen LogP contribution is -2.09. The molecule has 3 aromatic rings. The molecule has 0 amide bonds. The van der Waals surface area contributed by atoms with Crippen molar-refractivity contribution in [3.63, 3.8) is 0 Å². The van der Waals surface area contributed by atoms with E-state index in [0.29, 0.717) is 11.6 Å². The van der Waals surface area contributed by atoms with E-state index in [0.717, 1.165) is 12.8 Å². The Morgan fingerprint density at radius 1 is 1.27 bits per heavy atom. The summed E-state index contributed by atoms with van der Waals surface area (Å²) in [6.45, 7) is 2.13. The van der Waals surface area contributed by atoms with Crippen LogP contribution in [0.1, 0.15) is 30.7 Å². The first-order valence-corrected chi connectivity index (χ1v) is 8.04. The molecule has 2 heterocycles. The van der Waals surface area contributed by atoms with Gasteiger partial charge in [0.1, 0.15) is 5.82 Å². The third-order valence-electron chi connectivity index (χ3n) is 3.30. The SMILES string of the molecule is CCC[C@H](Nc1nc(-c2ccccc2F)no1)c1cccs1. The summed E-state index contributed by atoms with van der Waals surface area (Å²) in [6, 6.07) is 10.9. The summed E-state index contributed by atoms with van der Waals surface area (Å²) >= 11 is 1.68. The van der Waals surface area contributed by atoms with Gasteiger partial charge in [0.2, 0.25) is 5.82 Å². The first kappa shape index (κ1) is 14.7. The number of aromatic nitrogens is 2. The maximum atomic E-state index is 13.8. The molecule has 3 rings (SSSR count). The number of benzene rings is 1. The van der Waals surface area contributed by atoms with Crippen molar-refractivity contribution in [3.8, 4) is 11.4 Å². The van der Waals surface area contributed by atoms with Crippen molar-refractivity contribution in [3.05, 3.63) is 52.5 Å². The molecule has 0 bridgehead atoms. The average molecular weight is 317 g/mol. The lowest BCUT2D eigenvalue weighted by Gasteiger charge is -2.14. The van der Waals surface area contributed by atoms with Gasteiger partial charge >= 0.3 is 6.01 Å². The highest BCUT2D eigenvalue weighted by molar-refractivity contribution is 7.10. The Balaban J connectivity index is 1.80. The van der Waals surface area contributed by atoms with Crippen LogP contribution >= 0.6 is 11.3 Å². The molecule has 0 aliphatic carbocycles. The normalized spacial score (nSPS) is 12.3. The zero-order valence-corrected chi connectivity index (χ0v) is 12.9. The number of anilines is 1. The predicted molar refractivity (Wildman–Crippen MR) is 85.3 cm³/mol. The van der Waals surface area contributed by atoms with E-state index in [-0.39, 0.29) is 17.7 Å². The van der Waals surface area contributed by atoms with Crippen LogP contribution in [0.5, 0.6) is 0 Å². The van der Waals surface area contributed by atoms with E-state index in [1.807, 2.05) is 11.4 Å². The Bertz CT molecular complexity index is 727. The van der Waals surface area contributed by atoms with E-state index in [4.69, 9.17) is 4.52 Å². The van der Waals surface area contributed by atoms with Crippen molar-refractivity contribution >= 4 is 17.4 Å². The van der Waals surface area contributed by atoms with Crippen molar-refractivity contribution in [1.29, 1.82) is 0 Å². The molecule has 0 saturated carbocycles. The zero-order chi connectivity index (χ0) is 15.4. The molecule has 1 aromatic carbocycles. The molecule has 6 heteroatoms. The van der Waals surface area contributed by atoms with Gasteiger partial charge in [0, 0.05) is 4.88 Å². The summed E-state index contributed by atoms with van der Waals surface area (Å²) in [5.41, 5.74) is 0.336. The van der Waals surface area contributed by atoms with E-state index in [1.165, 1.54) is 10.9 Å². The van der Waals surface area contributed by atoms with Crippen LogP contribution in [0.15, 0.2) is 46.3 Å². The van der Waals surface area contributed by atoms with Gasteiger partial charge in [0.15, 0.2) is 0 Å². The third-order valence-corrected chi connectivity index (χ3v) is 4.29. The number of hydrogen-bond acceptors (Lipinski definition) is 5. The maximum absolute atomic E-state index is 13.8. The molecule has 0 spiro atoms. The molecule has 0 saturated heterocycles. The van der Waals surface area contributed by atoms with E-state index < -0.39 is 0 Å². The van der Waals surface area contributed by atoms with Gasteiger partial charge in [-0.1, -0.05) is 36.7 Å². The van der Waals surface area contributed by atoms with Crippen LogP contribution in [0, 0.1) is 5.82 Å². The largest absolute Gasteiger partial charge is 0.330 e. The third kappa shape index (κ3) is 3.17. The van der Waals surface area contributed by atoms with Crippen LogP contribution in [0.3, 0.4) is 0 Å². The molecular formula is C16H16FN3OS. The highest BCUT2D eigenvalue weighted by Crippen LogP contribution is 2.28. The number of nitrogens with zero attached hydrogens (tertiary/aromatic N) is 2. The van der Waals surface area contributed by atoms with E-state index >= 15 is 0 Å². The summed E-state index contributed by atoms with van der Waals surface area (Å²) in [5.74, 6) is -0.111. The second-order valence-corrected chi connectivity index (χ2v) is 5.88. The van der Waals surface area contributed by atoms with Crippen molar-refractivity contribution in [2.75, 3.05) is 5.32 Å². The lowest BCUT2D eigenvalue weighted by atomic mass is 10.1. The van der Waals surface area contributed by atoms with Crippen LogP contribution in [0.2, 0.25) is 0 Å². The van der Waals surface area contributed by atoms with E-state index in [9.17, 15) is 4.39 Å². The molecule has 114 valence electrons. The average Bonchev–Trinajstić information content (AvgIpc) is 3.19. The van der Waals surface area contributed by atoms with E-state index in [2.05, 4.69) is 28.4 Å². The van der Waals surface area contributed by atoms with Crippen LogP contribution in [0.4, 0.5) is 10.4 Å². The molecule has 0 fully saturated rings. The standard InChI is InChI=1S/C16H16FN3OS/c1-2-6-13(14-9-5-10-22-14)18-16-19-15(20-21-16)11-7-3-4-8-12(11)17/h3-5,7-10,13H,2,6H2,1H3,(H,18,19,20)/t13-/m0/s1. The van der Waals surface area contributed by atoms with Crippen LogP contribution in [0.25, 0.3) is 11.4 Å². The van der Waals surface area contributed by atoms with Gasteiger partial charge in [-0.2, -0.15) is 4.98 Å². The molecule has 0 radical (unpaired) electrons. The summed E-state index contributed by atoms with van der Waals surface area (Å²) < 4.78 is 19.0.